The maximum Gasteiger partial charge on any atom is 0.338 e. The number of nitrogens with one attached hydrogen (secondary N) is 1. The van der Waals surface area contributed by atoms with Crippen LogP contribution in [-0.2, 0) is 9.53 Å². The van der Waals surface area contributed by atoms with Crippen molar-refractivity contribution in [3.63, 3.8) is 0 Å². The summed E-state index contributed by atoms with van der Waals surface area (Å²) in [7, 11) is 0. The van der Waals surface area contributed by atoms with Crippen LogP contribution in [0.5, 0.6) is 0 Å². The van der Waals surface area contributed by atoms with E-state index in [9.17, 15) is 9.59 Å². The van der Waals surface area contributed by atoms with Crippen LogP contribution in [0.4, 0.5) is 5.69 Å². The summed E-state index contributed by atoms with van der Waals surface area (Å²) in [5.74, 6) is -0.159. The Labute approximate surface area is 170 Å². The number of imidazole rings is 1. The van der Waals surface area contributed by atoms with Crippen LogP contribution in [-0.4, -0.2) is 33.8 Å². The average molecular weight is 402 g/mol. The highest BCUT2D eigenvalue weighted by atomic mass is 32.2. The van der Waals surface area contributed by atoms with Gasteiger partial charge in [-0.2, -0.15) is 0 Å². The standard InChI is InChI=1S/C21H27N3O3S/c1-4-27-20(26)16-9-11-17(12-10-16)23-19(25)13-28-21-22-14(2)15(3)24(21)18-7-5-6-8-18/h9-12,18H,4-8,13H2,1-3H3,(H,23,25). The minimum atomic E-state index is -0.361. The molecule has 6 nitrogen and oxygen atoms in total. The largest absolute Gasteiger partial charge is 0.462 e. The van der Waals surface area contributed by atoms with Crippen LogP contribution in [0.2, 0.25) is 0 Å². The molecule has 28 heavy (non-hydrogen) atoms. The number of thioether (sulfide) groups is 1. The van der Waals surface area contributed by atoms with Gasteiger partial charge in [0.25, 0.3) is 0 Å². The molecule has 0 atom stereocenters. The summed E-state index contributed by atoms with van der Waals surface area (Å²) in [5, 5.41) is 3.80. The van der Waals surface area contributed by atoms with Gasteiger partial charge in [-0.15, -0.1) is 0 Å². The van der Waals surface area contributed by atoms with Crippen molar-refractivity contribution in [2.45, 2.75) is 57.7 Å². The molecule has 1 aliphatic rings. The molecule has 0 spiro atoms. The number of carbonyl (C=O) groups excluding carboxylic acids is 2. The van der Waals surface area contributed by atoms with Crippen molar-refractivity contribution in [2.75, 3.05) is 17.7 Å². The van der Waals surface area contributed by atoms with E-state index in [2.05, 4.69) is 21.8 Å². The minimum absolute atomic E-state index is 0.0924. The van der Waals surface area contributed by atoms with Gasteiger partial charge in [0.15, 0.2) is 5.16 Å². The summed E-state index contributed by atoms with van der Waals surface area (Å²) < 4.78 is 7.28. The van der Waals surface area contributed by atoms with Crippen molar-refractivity contribution in [3.8, 4) is 0 Å². The Morgan fingerprint density at radius 2 is 1.89 bits per heavy atom. The Morgan fingerprint density at radius 3 is 2.54 bits per heavy atom. The molecule has 0 aliphatic heterocycles. The van der Waals surface area contributed by atoms with E-state index in [-0.39, 0.29) is 11.9 Å². The molecule has 1 fully saturated rings. The molecular formula is C21H27N3O3S. The number of benzene rings is 1. The molecule has 7 heteroatoms. The van der Waals surface area contributed by atoms with Crippen LogP contribution < -0.4 is 5.32 Å². The molecule has 150 valence electrons. The lowest BCUT2D eigenvalue weighted by Crippen LogP contribution is -2.15. The van der Waals surface area contributed by atoms with Crippen LogP contribution in [0.1, 0.15) is 60.4 Å². The zero-order valence-electron chi connectivity index (χ0n) is 16.7. The molecule has 0 bridgehead atoms. The monoisotopic (exact) mass is 401 g/mol. The van der Waals surface area contributed by atoms with E-state index in [0.29, 0.717) is 29.7 Å². The number of ether oxygens (including phenoxy) is 1. The summed E-state index contributed by atoms with van der Waals surface area (Å²) in [6, 6.07) is 7.23. The first-order chi connectivity index (χ1) is 13.5. The molecular weight excluding hydrogens is 374 g/mol. The summed E-state index contributed by atoms with van der Waals surface area (Å²) in [5.41, 5.74) is 3.36. The second-order valence-electron chi connectivity index (χ2n) is 7.01. The molecule has 0 unspecified atom stereocenters. The van der Waals surface area contributed by atoms with E-state index in [1.54, 1.807) is 31.2 Å². The van der Waals surface area contributed by atoms with Crippen LogP contribution in [0.3, 0.4) is 0 Å². The third-order valence-electron chi connectivity index (χ3n) is 5.06. The number of esters is 1. The van der Waals surface area contributed by atoms with E-state index in [0.717, 1.165) is 10.9 Å². The molecule has 0 radical (unpaired) electrons. The van der Waals surface area contributed by atoms with E-state index in [1.807, 2.05) is 6.92 Å². The SMILES string of the molecule is CCOC(=O)c1ccc(NC(=O)CSc2nc(C)c(C)n2C2CCCC2)cc1. The van der Waals surface area contributed by atoms with Crippen LogP contribution in [0, 0.1) is 13.8 Å². The Bertz CT molecular complexity index is 839. The predicted octanol–water partition coefficient (Wildman–Crippen LogP) is 4.52. The van der Waals surface area contributed by atoms with Gasteiger partial charge in [-0.05, 0) is 57.9 Å². The van der Waals surface area contributed by atoms with Crippen LogP contribution in [0.15, 0.2) is 29.4 Å². The van der Waals surface area contributed by atoms with Crippen molar-refractivity contribution in [1.82, 2.24) is 9.55 Å². The normalized spacial score (nSPS) is 14.2. The maximum atomic E-state index is 12.4. The topological polar surface area (TPSA) is 73.2 Å². The van der Waals surface area contributed by atoms with Crippen molar-refractivity contribution in [1.29, 1.82) is 0 Å². The summed E-state index contributed by atoms with van der Waals surface area (Å²) in [4.78, 5) is 28.7. The summed E-state index contributed by atoms with van der Waals surface area (Å²) in [6.07, 6.45) is 4.88. The number of nitrogens with zero attached hydrogens (tertiary/aromatic N) is 2. The molecule has 1 heterocycles. The average Bonchev–Trinajstić information content (AvgIpc) is 3.29. The van der Waals surface area contributed by atoms with Crippen LogP contribution >= 0.6 is 11.8 Å². The van der Waals surface area contributed by atoms with Gasteiger partial charge in [0.1, 0.15) is 0 Å². The predicted molar refractivity (Wildman–Crippen MR) is 111 cm³/mol. The van der Waals surface area contributed by atoms with E-state index >= 15 is 0 Å². The van der Waals surface area contributed by atoms with Crippen LogP contribution in [0.25, 0.3) is 0 Å². The second kappa shape index (κ2) is 9.28. The summed E-state index contributed by atoms with van der Waals surface area (Å²) >= 11 is 1.48. The Balaban J connectivity index is 1.59. The van der Waals surface area contributed by atoms with Gasteiger partial charge in [0.05, 0.1) is 23.6 Å². The number of carbonyl (C=O) groups is 2. The van der Waals surface area contributed by atoms with Gasteiger partial charge < -0.3 is 14.6 Å². The van der Waals surface area contributed by atoms with Gasteiger partial charge in [0, 0.05) is 17.4 Å². The molecule has 2 aromatic rings. The lowest BCUT2D eigenvalue weighted by atomic mass is 10.2. The molecule has 1 saturated carbocycles. The van der Waals surface area contributed by atoms with Gasteiger partial charge >= 0.3 is 5.97 Å². The quantitative estimate of drug-likeness (QED) is 0.545. The fourth-order valence-corrected chi connectivity index (χ4v) is 4.48. The molecule has 3 rings (SSSR count). The smallest absolute Gasteiger partial charge is 0.338 e. The first-order valence-corrected chi connectivity index (χ1v) is 10.7. The van der Waals surface area contributed by atoms with Crippen molar-refractivity contribution in [3.05, 3.63) is 41.2 Å². The number of anilines is 1. The molecule has 1 aromatic carbocycles. The number of aryl methyl sites for hydroxylation is 1. The van der Waals surface area contributed by atoms with Gasteiger partial charge in [0.2, 0.25) is 5.91 Å². The Hall–Kier alpha value is -2.28. The number of aromatic nitrogens is 2. The first kappa shape index (κ1) is 20.5. The minimum Gasteiger partial charge on any atom is -0.462 e. The van der Waals surface area contributed by atoms with Crippen molar-refractivity contribution < 1.29 is 14.3 Å². The number of amides is 1. The number of hydrogen-bond donors (Lipinski definition) is 1. The van der Waals surface area contributed by atoms with Gasteiger partial charge in [-0.3, -0.25) is 4.79 Å². The highest BCUT2D eigenvalue weighted by Crippen LogP contribution is 2.35. The fourth-order valence-electron chi connectivity index (χ4n) is 3.52. The molecule has 1 aromatic heterocycles. The highest BCUT2D eigenvalue weighted by Gasteiger charge is 2.23. The highest BCUT2D eigenvalue weighted by molar-refractivity contribution is 7.99. The Morgan fingerprint density at radius 1 is 1.21 bits per heavy atom. The Kier molecular flexibility index (Phi) is 6.78. The molecule has 1 aliphatic carbocycles. The number of rotatable bonds is 7. The van der Waals surface area contributed by atoms with E-state index < -0.39 is 0 Å². The van der Waals surface area contributed by atoms with Crippen molar-refractivity contribution in [2.24, 2.45) is 0 Å². The van der Waals surface area contributed by atoms with E-state index in [4.69, 9.17) is 4.74 Å². The zero-order valence-corrected chi connectivity index (χ0v) is 17.5. The zero-order chi connectivity index (χ0) is 20.1. The molecule has 1 N–H and O–H groups in total. The number of hydrogen-bond acceptors (Lipinski definition) is 5. The van der Waals surface area contributed by atoms with Gasteiger partial charge in [-0.1, -0.05) is 24.6 Å². The fraction of sp³-hybridized carbons (Fsp3) is 0.476. The second-order valence-corrected chi connectivity index (χ2v) is 7.95. The lowest BCUT2D eigenvalue weighted by Gasteiger charge is -2.16. The molecule has 0 saturated heterocycles. The molecule has 1 amide bonds. The third-order valence-corrected chi connectivity index (χ3v) is 6.01. The van der Waals surface area contributed by atoms with Crippen molar-refractivity contribution >= 4 is 29.3 Å². The maximum absolute atomic E-state index is 12.4. The van der Waals surface area contributed by atoms with Gasteiger partial charge in [-0.25, -0.2) is 9.78 Å². The van der Waals surface area contributed by atoms with E-state index in [1.165, 1.54) is 43.1 Å². The lowest BCUT2D eigenvalue weighted by molar-refractivity contribution is -0.113. The summed E-state index contributed by atoms with van der Waals surface area (Å²) in [6.45, 7) is 6.24. The third kappa shape index (κ3) is 4.76. The first-order valence-electron chi connectivity index (χ1n) is 9.74.